The lowest BCUT2D eigenvalue weighted by Gasteiger charge is -2.14. The standard InChI is InChI=1S/C16H16O/c1-4-11(3)15-10-14(17)9-13-8-6-7-12(5-2)16(13)15/h2,6-11,17H,4H2,1,3H3. The number of fused-ring (bicyclic) bond motifs is 1. The molecule has 0 spiro atoms. The highest BCUT2D eigenvalue weighted by Gasteiger charge is 2.12. The van der Waals surface area contributed by atoms with Crippen LogP contribution in [-0.2, 0) is 0 Å². The van der Waals surface area contributed by atoms with Gasteiger partial charge in [-0.25, -0.2) is 0 Å². The van der Waals surface area contributed by atoms with Crippen LogP contribution in [0.25, 0.3) is 10.8 Å². The maximum atomic E-state index is 9.77. The van der Waals surface area contributed by atoms with Gasteiger partial charge in [-0.3, -0.25) is 0 Å². The van der Waals surface area contributed by atoms with Gasteiger partial charge in [0, 0.05) is 10.9 Å². The molecule has 0 heterocycles. The van der Waals surface area contributed by atoms with Crippen LogP contribution in [0.3, 0.4) is 0 Å². The van der Waals surface area contributed by atoms with E-state index in [1.54, 1.807) is 6.07 Å². The molecule has 2 aromatic carbocycles. The average molecular weight is 224 g/mol. The van der Waals surface area contributed by atoms with Crippen LogP contribution in [0.1, 0.15) is 37.3 Å². The molecule has 2 rings (SSSR count). The zero-order valence-electron chi connectivity index (χ0n) is 10.2. The summed E-state index contributed by atoms with van der Waals surface area (Å²) in [6, 6.07) is 9.46. The average Bonchev–Trinajstić information content (AvgIpc) is 2.35. The molecule has 0 saturated carbocycles. The first-order valence-corrected chi connectivity index (χ1v) is 5.89. The largest absolute Gasteiger partial charge is 0.508 e. The number of benzene rings is 2. The third-order valence-corrected chi connectivity index (χ3v) is 3.29. The fourth-order valence-electron chi connectivity index (χ4n) is 2.17. The molecule has 1 nitrogen and oxygen atoms in total. The molecule has 17 heavy (non-hydrogen) atoms. The summed E-state index contributed by atoms with van der Waals surface area (Å²) >= 11 is 0. The summed E-state index contributed by atoms with van der Waals surface area (Å²) in [5.41, 5.74) is 2.04. The fraction of sp³-hybridized carbons (Fsp3) is 0.250. The fourth-order valence-corrected chi connectivity index (χ4v) is 2.17. The van der Waals surface area contributed by atoms with Gasteiger partial charge in [-0.2, -0.15) is 0 Å². The summed E-state index contributed by atoms with van der Waals surface area (Å²) in [6.07, 6.45) is 6.58. The second-order valence-electron chi connectivity index (χ2n) is 4.39. The predicted octanol–water partition coefficient (Wildman–Crippen LogP) is 4.04. The Labute approximate surface area is 102 Å². The lowest BCUT2D eigenvalue weighted by Crippen LogP contribution is -1.95. The molecule has 86 valence electrons. The highest BCUT2D eigenvalue weighted by atomic mass is 16.3. The third kappa shape index (κ3) is 1.99. The zero-order chi connectivity index (χ0) is 12.4. The van der Waals surface area contributed by atoms with Crippen LogP contribution in [0.2, 0.25) is 0 Å². The van der Waals surface area contributed by atoms with E-state index < -0.39 is 0 Å². The molecule has 0 amide bonds. The first-order valence-electron chi connectivity index (χ1n) is 5.89. The monoisotopic (exact) mass is 224 g/mol. The SMILES string of the molecule is C#Cc1cccc2cc(O)cc(C(C)CC)c12. The number of phenols is 1. The zero-order valence-corrected chi connectivity index (χ0v) is 10.2. The maximum absolute atomic E-state index is 9.77. The summed E-state index contributed by atoms with van der Waals surface area (Å²) in [4.78, 5) is 0. The molecule has 1 atom stereocenters. The Morgan fingerprint density at radius 1 is 1.35 bits per heavy atom. The van der Waals surface area contributed by atoms with Crippen LogP contribution in [0, 0.1) is 12.3 Å². The summed E-state index contributed by atoms with van der Waals surface area (Å²) in [6.45, 7) is 4.29. The van der Waals surface area contributed by atoms with E-state index in [9.17, 15) is 5.11 Å². The third-order valence-electron chi connectivity index (χ3n) is 3.29. The molecule has 0 aromatic heterocycles. The van der Waals surface area contributed by atoms with Crippen LogP contribution in [-0.4, -0.2) is 5.11 Å². The molecule has 0 aliphatic carbocycles. The van der Waals surface area contributed by atoms with Crippen molar-refractivity contribution in [2.45, 2.75) is 26.2 Å². The van der Waals surface area contributed by atoms with Crippen LogP contribution in [0.4, 0.5) is 0 Å². The Balaban J connectivity index is 2.85. The molecular weight excluding hydrogens is 208 g/mol. The van der Waals surface area contributed by atoms with Crippen molar-refractivity contribution < 1.29 is 5.11 Å². The smallest absolute Gasteiger partial charge is 0.116 e. The number of hydrogen-bond acceptors (Lipinski definition) is 1. The molecule has 0 fully saturated rings. The molecule has 1 unspecified atom stereocenters. The summed E-state index contributed by atoms with van der Waals surface area (Å²) in [5, 5.41) is 11.9. The van der Waals surface area contributed by atoms with Gasteiger partial charge in [0.2, 0.25) is 0 Å². The first-order chi connectivity index (χ1) is 8.17. The highest BCUT2D eigenvalue weighted by Crippen LogP contribution is 2.33. The summed E-state index contributed by atoms with van der Waals surface area (Å²) in [7, 11) is 0. The Morgan fingerprint density at radius 2 is 2.12 bits per heavy atom. The van der Waals surface area contributed by atoms with Gasteiger partial charge in [-0.15, -0.1) is 6.42 Å². The summed E-state index contributed by atoms with van der Waals surface area (Å²) < 4.78 is 0. The first kappa shape index (κ1) is 11.5. The minimum Gasteiger partial charge on any atom is -0.508 e. The van der Waals surface area contributed by atoms with E-state index in [1.165, 1.54) is 0 Å². The lowest BCUT2D eigenvalue weighted by molar-refractivity contribution is 0.475. The molecule has 1 N–H and O–H groups in total. The molecule has 0 saturated heterocycles. The topological polar surface area (TPSA) is 20.2 Å². The van der Waals surface area contributed by atoms with Gasteiger partial charge in [0.05, 0.1) is 0 Å². The Morgan fingerprint density at radius 3 is 2.76 bits per heavy atom. The predicted molar refractivity (Wildman–Crippen MR) is 72.3 cm³/mol. The van der Waals surface area contributed by atoms with Crippen molar-refractivity contribution in [2.75, 3.05) is 0 Å². The van der Waals surface area contributed by atoms with E-state index in [2.05, 4.69) is 19.8 Å². The van der Waals surface area contributed by atoms with Crippen molar-refractivity contribution in [1.82, 2.24) is 0 Å². The van der Waals surface area contributed by atoms with E-state index in [4.69, 9.17) is 6.42 Å². The van der Waals surface area contributed by atoms with Crippen molar-refractivity contribution >= 4 is 10.8 Å². The van der Waals surface area contributed by atoms with Gasteiger partial charge in [-0.05, 0) is 41.5 Å². The Hall–Kier alpha value is -1.94. The van der Waals surface area contributed by atoms with Gasteiger partial charge in [0.15, 0.2) is 0 Å². The van der Waals surface area contributed by atoms with Crippen molar-refractivity contribution in [2.24, 2.45) is 0 Å². The minimum atomic E-state index is 0.307. The van der Waals surface area contributed by atoms with Crippen molar-refractivity contribution in [3.05, 3.63) is 41.5 Å². The van der Waals surface area contributed by atoms with E-state index in [-0.39, 0.29) is 0 Å². The lowest BCUT2D eigenvalue weighted by atomic mass is 9.90. The molecular formula is C16H16O. The normalized spacial score (nSPS) is 12.3. The quantitative estimate of drug-likeness (QED) is 0.763. The van der Waals surface area contributed by atoms with Gasteiger partial charge in [0.1, 0.15) is 5.75 Å². The molecule has 0 aliphatic heterocycles. The number of terminal acetylenes is 1. The molecule has 1 heteroatoms. The van der Waals surface area contributed by atoms with E-state index in [0.29, 0.717) is 11.7 Å². The number of hydrogen-bond donors (Lipinski definition) is 1. The molecule has 2 aromatic rings. The number of rotatable bonds is 2. The van der Waals surface area contributed by atoms with E-state index in [1.807, 2.05) is 24.3 Å². The van der Waals surface area contributed by atoms with Crippen molar-refractivity contribution in [3.63, 3.8) is 0 Å². The molecule has 0 aliphatic rings. The Bertz CT molecular complexity index is 590. The Kier molecular flexibility index (Phi) is 3.06. The van der Waals surface area contributed by atoms with Gasteiger partial charge < -0.3 is 5.11 Å². The maximum Gasteiger partial charge on any atom is 0.116 e. The van der Waals surface area contributed by atoms with Crippen molar-refractivity contribution in [1.29, 1.82) is 0 Å². The number of aromatic hydroxyl groups is 1. The van der Waals surface area contributed by atoms with Crippen LogP contribution < -0.4 is 0 Å². The van der Waals surface area contributed by atoms with E-state index in [0.717, 1.165) is 28.3 Å². The highest BCUT2D eigenvalue weighted by molar-refractivity contribution is 5.92. The second kappa shape index (κ2) is 4.51. The van der Waals surface area contributed by atoms with E-state index >= 15 is 0 Å². The van der Waals surface area contributed by atoms with Gasteiger partial charge in [0.25, 0.3) is 0 Å². The van der Waals surface area contributed by atoms with Crippen LogP contribution in [0.5, 0.6) is 5.75 Å². The van der Waals surface area contributed by atoms with Gasteiger partial charge >= 0.3 is 0 Å². The molecule has 0 bridgehead atoms. The summed E-state index contributed by atoms with van der Waals surface area (Å²) in [5.74, 6) is 3.42. The van der Waals surface area contributed by atoms with Crippen LogP contribution >= 0.6 is 0 Å². The minimum absolute atomic E-state index is 0.307. The van der Waals surface area contributed by atoms with Crippen LogP contribution in [0.15, 0.2) is 30.3 Å². The van der Waals surface area contributed by atoms with Crippen molar-refractivity contribution in [3.8, 4) is 18.1 Å². The molecule has 0 radical (unpaired) electrons. The number of phenolic OH excluding ortho intramolecular Hbond substituents is 1. The second-order valence-corrected chi connectivity index (χ2v) is 4.39. The van der Waals surface area contributed by atoms with Gasteiger partial charge in [-0.1, -0.05) is 31.9 Å².